The Morgan fingerprint density at radius 1 is 0.536 bits per heavy atom. The Balaban J connectivity index is 4.03. The lowest BCUT2D eigenvalue weighted by molar-refractivity contribution is -0.870. The number of aliphatic hydroxyl groups excluding tert-OH is 2. The first-order chi connectivity index (χ1) is 33.4. The Morgan fingerprint density at radius 3 is 1.25 bits per heavy atom. The summed E-state index contributed by atoms with van der Waals surface area (Å²) in [5.74, 6) is -0.291. The highest BCUT2D eigenvalue weighted by Crippen LogP contribution is 2.38. The third-order valence-corrected chi connectivity index (χ3v) is 14.5. The smallest absolute Gasteiger partial charge is 0.268 e. The average molecular weight is 996 g/mol. The number of unbranched alkanes of at least 4 members (excludes halogenated alkanes) is 35. The van der Waals surface area contributed by atoms with E-state index in [1.54, 1.807) is 0 Å². The van der Waals surface area contributed by atoms with Crippen LogP contribution in [0.3, 0.4) is 0 Å². The summed E-state index contributed by atoms with van der Waals surface area (Å²) in [7, 11) is 1.10. The molecule has 0 aliphatic heterocycles. The average Bonchev–Trinajstić information content (AvgIpc) is 3.31. The maximum absolute atomic E-state index is 13.0. The Kier molecular flexibility index (Phi) is 49.3. The molecule has 9 nitrogen and oxygen atoms in total. The summed E-state index contributed by atoms with van der Waals surface area (Å²) in [4.78, 5) is 25.5. The first kappa shape index (κ1) is 67.7. The minimum absolute atomic E-state index is 0.0490. The Morgan fingerprint density at radius 2 is 0.884 bits per heavy atom. The van der Waals surface area contributed by atoms with E-state index in [-0.39, 0.29) is 18.9 Å². The number of allylic oxidation sites excluding steroid dienone is 6. The third kappa shape index (κ3) is 51.4. The maximum atomic E-state index is 13.0. The zero-order valence-electron chi connectivity index (χ0n) is 46.1. The predicted octanol–water partition coefficient (Wildman–Crippen LogP) is 16.1. The first-order valence-electron chi connectivity index (χ1n) is 29.4. The summed E-state index contributed by atoms with van der Waals surface area (Å²) in [6.07, 6.45) is 61.2. The lowest BCUT2D eigenvalue weighted by Gasteiger charge is -2.31. The van der Waals surface area contributed by atoms with Crippen molar-refractivity contribution >= 4 is 13.7 Å². The Hall–Kier alpha value is -1.32. The van der Waals surface area contributed by atoms with E-state index < -0.39 is 32.7 Å². The van der Waals surface area contributed by atoms with Crippen molar-refractivity contribution in [3.63, 3.8) is 0 Å². The van der Waals surface area contributed by atoms with Crippen molar-refractivity contribution in [3.05, 3.63) is 36.5 Å². The van der Waals surface area contributed by atoms with Gasteiger partial charge in [-0.25, -0.2) is 0 Å². The van der Waals surface area contributed by atoms with Crippen LogP contribution in [-0.4, -0.2) is 79.8 Å². The maximum Gasteiger partial charge on any atom is 0.268 e. The van der Waals surface area contributed by atoms with Crippen LogP contribution in [0.4, 0.5) is 0 Å². The molecule has 0 saturated heterocycles. The fraction of sp³-hybridized carbons (Fsp3) is 0.881. The van der Waals surface area contributed by atoms with Crippen LogP contribution >= 0.6 is 7.82 Å². The van der Waals surface area contributed by atoms with E-state index in [9.17, 15) is 24.5 Å². The summed E-state index contributed by atoms with van der Waals surface area (Å²) < 4.78 is 23.2. The molecule has 10 heteroatoms. The number of nitrogens with zero attached hydrogens (tertiary/aromatic N) is 1. The first-order valence-corrected chi connectivity index (χ1v) is 30.8. The van der Waals surface area contributed by atoms with Gasteiger partial charge in [0.2, 0.25) is 5.91 Å². The van der Waals surface area contributed by atoms with Crippen LogP contribution in [0.15, 0.2) is 36.5 Å². The number of carbonyl (C=O) groups is 1. The normalized spacial score (nSPS) is 14.6. The van der Waals surface area contributed by atoms with Gasteiger partial charge in [0.15, 0.2) is 0 Å². The van der Waals surface area contributed by atoms with E-state index in [2.05, 4.69) is 48.7 Å². The highest BCUT2D eigenvalue weighted by atomic mass is 31.2. The molecule has 3 N–H and O–H groups in total. The molecule has 0 aromatic rings. The van der Waals surface area contributed by atoms with Crippen LogP contribution in [0.1, 0.15) is 277 Å². The number of hydrogen-bond acceptors (Lipinski definition) is 7. The summed E-state index contributed by atoms with van der Waals surface area (Å²) in [5.41, 5.74) is 0. The van der Waals surface area contributed by atoms with Gasteiger partial charge in [0.25, 0.3) is 7.82 Å². The lowest BCUT2D eigenvalue weighted by atomic mass is 10.0. The molecule has 0 fully saturated rings. The van der Waals surface area contributed by atoms with Crippen LogP contribution in [0.25, 0.3) is 0 Å². The molecule has 0 aliphatic carbocycles. The van der Waals surface area contributed by atoms with Gasteiger partial charge in [0.1, 0.15) is 19.3 Å². The summed E-state index contributed by atoms with van der Waals surface area (Å²) in [6.45, 7) is 4.22. The fourth-order valence-electron chi connectivity index (χ4n) is 8.89. The van der Waals surface area contributed by atoms with Crippen molar-refractivity contribution < 1.29 is 38.0 Å². The molecule has 0 aliphatic rings. The van der Waals surface area contributed by atoms with Crippen LogP contribution < -0.4 is 10.2 Å². The Labute approximate surface area is 428 Å². The van der Waals surface area contributed by atoms with Crippen molar-refractivity contribution in [2.24, 2.45) is 0 Å². The van der Waals surface area contributed by atoms with Crippen LogP contribution in [0, 0.1) is 0 Å². The van der Waals surface area contributed by atoms with Crippen molar-refractivity contribution in [1.82, 2.24) is 5.32 Å². The fourth-order valence-corrected chi connectivity index (χ4v) is 9.61. The number of likely N-dealkylation sites (N-methyl/N-ethyl adjacent to an activating group) is 1. The van der Waals surface area contributed by atoms with Crippen LogP contribution in [0.2, 0.25) is 0 Å². The second kappa shape index (κ2) is 50.2. The minimum Gasteiger partial charge on any atom is -0.756 e. The number of quaternary nitrogens is 1. The number of phosphoric ester groups is 1. The van der Waals surface area contributed by atoms with Crippen molar-refractivity contribution in [3.8, 4) is 0 Å². The van der Waals surface area contributed by atoms with E-state index >= 15 is 0 Å². The quantitative estimate of drug-likeness (QED) is 0.0240. The summed E-state index contributed by atoms with van der Waals surface area (Å²) in [6, 6.07) is -1.10. The molecule has 0 bridgehead atoms. The molecule has 0 radical (unpaired) electrons. The van der Waals surface area contributed by atoms with Gasteiger partial charge in [-0.15, -0.1) is 0 Å². The zero-order chi connectivity index (χ0) is 50.8. The topological polar surface area (TPSA) is 128 Å². The highest BCUT2D eigenvalue weighted by Gasteiger charge is 2.29. The van der Waals surface area contributed by atoms with Gasteiger partial charge in [0, 0.05) is 6.42 Å². The molecule has 0 aromatic carbocycles. The molecule has 4 atom stereocenters. The molecule has 4 unspecified atom stereocenters. The van der Waals surface area contributed by atoms with Gasteiger partial charge in [-0.3, -0.25) is 9.36 Å². The summed E-state index contributed by atoms with van der Waals surface area (Å²) in [5, 5.41) is 24.7. The molecule has 69 heavy (non-hydrogen) atoms. The van der Waals surface area contributed by atoms with Crippen LogP contribution in [-0.2, 0) is 18.4 Å². The van der Waals surface area contributed by atoms with E-state index in [0.29, 0.717) is 30.3 Å². The van der Waals surface area contributed by atoms with E-state index in [1.807, 2.05) is 28.1 Å². The number of phosphoric acid groups is 1. The molecule has 0 spiro atoms. The lowest BCUT2D eigenvalue weighted by Crippen LogP contribution is -2.51. The number of carbonyl (C=O) groups excluding carboxylic acids is 1. The second-order valence-electron chi connectivity index (χ2n) is 21.5. The number of amides is 1. The van der Waals surface area contributed by atoms with E-state index in [1.165, 1.54) is 193 Å². The number of aliphatic hydroxyl groups is 2. The van der Waals surface area contributed by atoms with Crippen molar-refractivity contribution in [2.75, 3.05) is 40.9 Å². The standard InChI is InChI=1S/C59H115N2O7P/c1-6-8-10-12-14-16-18-20-21-22-23-24-25-26-27-28-29-30-31-32-33-34-35-36-37-38-39-40-42-44-46-48-50-52-58(63)60-56(55-68-69(65,66)67-54-53-61(3,4)5)59(64)57(62)51-49-47-45-43-41-19-17-15-13-11-9-7-2/h7,9,15,17,43,45,56-57,59,62,64H,6,8,10-14,16,18-42,44,46-55H2,1-5H3,(H-,60,63,65,66)/b9-7+,17-15+,45-43+. The van der Waals surface area contributed by atoms with E-state index in [0.717, 1.165) is 44.9 Å². The zero-order valence-corrected chi connectivity index (χ0v) is 47.0. The van der Waals surface area contributed by atoms with Gasteiger partial charge in [-0.05, 0) is 58.3 Å². The molecule has 0 aromatic heterocycles. The molecule has 408 valence electrons. The monoisotopic (exact) mass is 995 g/mol. The molecular formula is C59H115N2O7P. The van der Waals surface area contributed by atoms with Gasteiger partial charge in [0.05, 0.1) is 39.9 Å². The largest absolute Gasteiger partial charge is 0.756 e. The number of hydrogen-bond donors (Lipinski definition) is 3. The molecule has 0 rings (SSSR count). The van der Waals surface area contributed by atoms with Gasteiger partial charge in [-0.1, -0.05) is 249 Å². The van der Waals surface area contributed by atoms with E-state index in [4.69, 9.17) is 9.05 Å². The van der Waals surface area contributed by atoms with Crippen LogP contribution in [0.5, 0.6) is 0 Å². The SMILES string of the molecule is C/C=C/CC/C=C/CC/C=C/CCCC(O)C(O)C(COP(=O)([O-])OCC[N+](C)(C)C)NC(=O)CCCCCCCCCCCCCCCCCCCCCCCCCCCCCCCCCCC. The molecule has 0 heterocycles. The molecular weight excluding hydrogens is 880 g/mol. The highest BCUT2D eigenvalue weighted by molar-refractivity contribution is 7.45. The predicted molar refractivity (Wildman–Crippen MR) is 294 cm³/mol. The van der Waals surface area contributed by atoms with Crippen molar-refractivity contribution in [1.29, 1.82) is 0 Å². The molecule has 0 saturated carbocycles. The van der Waals surface area contributed by atoms with Crippen molar-refractivity contribution in [2.45, 2.75) is 295 Å². The summed E-state index contributed by atoms with van der Waals surface area (Å²) >= 11 is 0. The van der Waals surface area contributed by atoms with Gasteiger partial charge < -0.3 is 34.0 Å². The number of nitrogens with one attached hydrogen (secondary N) is 1. The minimum atomic E-state index is -4.68. The van der Waals surface area contributed by atoms with Gasteiger partial charge in [-0.2, -0.15) is 0 Å². The van der Waals surface area contributed by atoms with Gasteiger partial charge >= 0.3 is 0 Å². The second-order valence-corrected chi connectivity index (χ2v) is 22.9. The Bertz CT molecular complexity index is 1240. The third-order valence-electron chi connectivity index (χ3n) is 13.5. The number of rotatable bonds is 54. The molecule has 1 amide bonds.